The minimum absolute atomic E-state index is 0.157. The molecule has 166 valence electrons. The molecule has 1 N–H and O–H groups in total. The second-order valence-electron chi connectivity index (χ2n) is 8.35. The maximum atomic E-state index is 13.2. The molecule has 0 aromatic heterocycles. The number of carbonyl (C=O) groups excluding carboxylic acids is 1. The number of hydrogen-bond acceptors (Lipinski definition) is 3. The molecule has 1 aliphatic carbocycles. The van der Waals surface area contributed by atoms with Gasteiger partial charge in [-0.05, 0) is 60.6 Å². The van der Waals surface area contributed by atoms with E-state index in [2.05, 4.69) is 23.5 Å². The van der Waals surface area contributed by atoms with Crippen LogP contribution in [-0.2, 0) is 29.4 Å². The van der Waals surface area contributed by atoms with Crippen LogP contribution in [0.3, 0.4) is 0 Å². The van der Waals surface area contributed by atoms with Crippen LogP contribution in [-0.4, -0.2) is 20.6 Å². The molecule has 3 aromatic rings. The van der Waals surface area contributed by atoms with Crippen LogP contribution < -0.4 is 9.62 Å². The first-order chi connectivity index (χ1) is 15.3. The van der Waals surface area contributed by atoms with E-state index in [0.717, 1.165) is 30.2 Å². The van der Waals surface area contributed by atoms with Gasteiger partial charge in [-0.15, -0.1) is 0 Å². The molecule has 1 amide bonds. The normalized spacial score (nSPS) is 13.9. The summed E-state index contributed by atoms with van der Waals surface area (Å²) in [6.07, 6.45) is 4.54. The molecule has 0 unspecified atom stereocenters. The van der Waals surface area contributed by atoms with Crippen molar-refractivity contribution in [2.45, 2.75) is 38.8 Å². The number of para-hydroxylation sites is 1. The molecule has 6 heteroatoms. The van der Waals surface area contributed by atoms with E-state index >= 15 is 0 Å². The van der Waals surface area contributed by atoms with E-state index in [1.165, 1.54) is 21.9 Å². The number of carbonyl (C=O) groups is 1. The molecule has 0 spiro atoms. The molecule has 0 saturated heterocycles. The molecule has 32 heavy (non-hydrogen) atoms. The molecule has 5 nitrogen and oxygen atoms in total. The van der Waals surface area contributed by atoms with E-state index in [9.17, 15) is 13.2 Å². The smallest absolute Gasteiger partial charge is 0.253 e. The Balaban J connectivity index is 1.60. The number of aryl methyl sites for hydroxylation is 2. The fourth-order valence-electron chi connectivity index (χ4n) is 4.23. The third-order valence-corrected chi connectivity index (χ3v) is 7.08. The highest BCUT2D eigenvalue weighted by molar-refractivity contribution is 7.92. The average Bonchev–Trinajstić information content (AvgIpc) is 3.25. The van der Waals surface area contributed by atoms with Gasteiger partial charge in [0.05, 0.1) is 30.1 Å². The van der Waals surface area contributed by atoms with Crippen molar-refractivity contribution in [3.63, 3.8) is 0 Å². The van der Waals surface area contributed by atoms with Gasteiger partial charge >= 0.3 is 0 Å². The first-order valence-corrected chi connectivity index (χ1v) is 12.7. The third kappa shape index (κ3) is 4.86. The maximum Gasteiger partial charge on any atom is 0.253 e. The number of benzene rings is 3. The van der Waals surface area contributed by atoms with Gasteiger partial charge in [0.15, 0.2) is 0 Å². The molecule has 0 fully saturated rings. The minimum Gasteiger partial charge on any atom is -0.345 e. The molecule has 4 rings (SSSR count). The van der Waals surface area contributed by atoms with Crippen LogP contribution in [0.2, 0.25) is 0 Å². The van der Waals surface area contributed by atoms with E-state index < -0.39 is 10.0 Å². The van der Waals surface area contributed by atoms with Crippen molar-refractivity contribution in [1.29, 1.82) is 0 Å². The number of amides is 1. The SMILES string of the molecule is C[C@@H](NC(=O)c1ccccc1N(Cc1ccccc1)S(C)(=O)=O)c1ccc2c(c1)CCC2. The summed E-state index contributed by atoms with van der Waals surface area (Å²) < 4.78 is 26.6. The number of anilines is 1. The van der Waals surface area contributed by atoms with Gasteiger partial charge in [0, 0.05) is 0 Å². The predicted octanol–water partition coefficient (Wildman–Crippen LogP) is 4.63. The topological polar surface area (TPSA) is 66.5 Å². The first kappa shape index (κ1) is 22.1. The van der Waals surface area contributed by atoms with Gasteiger partial charge in [0.1, 0.15) is 0 Å². The van der Waals surface area contributed by atoms with Crippen LogP contribution in [0, 0.1) is 0 Å². The molecule has 3 aromatic carbocycles. The first-order valence-electron chi connectivity index (χ1n) is 10.9. The summed E-state index contributed by atoms with van der Waals surface area (Å²) in [6, 6.07) is 22.4. The third-order valence-electron chi connectivity index (χ3n) is 5.96. The Hall–Kier alpha value is -3.12. The van der Waals surface area contributed by atoms with E-state index in [-0.39, 0.29) is 18.5 Å². The van der Waals surface area contributed by atoms with Gasteiger partial charge in [-0.3, -0.25) is 9.10 Å². The molecule has 0 radical (unpaired) electrons. The Labute approximate surface area is 190 Å². The molecule has 0 heterocycles. The van der Waals surface area contributed by atoms with Gasteiger partial charge in [-0.1, -0.05) is 60.7 Å². The molecule has 0 aliphatic heterocycles. The fourth-order valence-corrected chi connectivity index (χ4v) is 5.13. The van der Waals surface area contributed by atoms with E-state index in [1.54, 1.807) is 24.3 Å². The fraction of sp³-hybridized carbons (Fsp3) is 0.269. The predicted molar refractivity (Wildman–Crippen MR) is 128 cm³/mol. The zero-order valence-corrected chi connectivity index (χ0v) is 19.2. The van der Waals surface area contributed by atoms with Crippen LogP contribution in [0.25, 0.3) is 0 Å². The van der Waals surface area contributed by atoms with Crippen LogP contribution in [0.15, 0.2) is 72.8 Å². The number of nitrogens with zero attached hydrogens (tertiary/aromatic N) is 1. The monoisotopic (exact) mass is 448 g/mol. The maximum absolute atomic E-state index is 13.2. The Morgan fingerprint density at radius 3 is 2.41 bits per heavy atom. The van der Waals surface area contributed by atoms with Crippen molar-refractivity contribution in [2.75, 3.05) is 10.6 Å². The minimum atomic E-state index is -3.61. The summed E-state index contributed by atoms with van der Waals surface area (Å²) in [4.78, 5) is 13.2. The van der Waals surface area contributed by atoms with Crippen molar-refractivity contribution in [3.05, 3.63) is 101 Å². The number of sulfonamides is 1. The highest BCUT2D eigenvalue weighted by Gasteiger charge is 2.24. The van der Waals surface area contributed by atoms with E-state index in [4.69, 9.17) is 0 Å². The summed E-state index contributed by atoms with van der Waals surface area (Å²) in [5, 5.41) is 3.05. The number of fused-ring (bicyclic) bond motifs is 1. The lowest BCUT2D eigenvalue weighted by atomic mass is 10.0. The molecule has 0 saturated carbocycles. The lowest BCUT2D eigenvalue weighted by Gasteiger charge is -2.25. The molecular weight excluding hydrogens is 420 g/mol. The van der Waals surface area contributed by atoms with Gasteiger partial charge in [0.2, 0.25) is 10.0 Å². The van der Waals surface area contributed by atoms with Crippen LogP contribution >= 0.6 is 0 Å². The average molecular weight is 449 g/mol. The zero-order valence-electron chi connectivity index (χ0n) is 18.4. The standard InChI is InChI=1S/C26H28N2O3S/c1-19(22-16-15-21-11-8-12-23(21)17-22)27-26(29)24-13-6-7-14-25(24)28(32(2,30)31)18-20-9-4-3-5-10-20/h3-7,9-10,13-17,19H,8,11-12,18H2,1-2H3,(H,27,29)/t19-/m1/s1. The van der Waals surface area contributed by atoms with E-state index in [1.807, 2.05) is 37.3 Å². The van der Waals surface area contributed by atoms with Crippen molar-refractivity contribution in [2.24, 2.45) is 0 Å². The summed E-state index contributed by atoms with van der Waals surface area (Å²) in [5.41, 5.74) is 5.36. The van der Waals surface area contributed by atoms with Gasteiger partial charge in [0.25, 0.3) is 5.91 Å². The lowest BCUT2D eigenvalue weighted by Crippen LogP contribution is -2.33. The van der Waals surface area contributed by atoms with E-state index in [0.29, 0.717) is 11.3 Å². The number of nitrogens with one attached hydrogen (secondary N) is 1. The summed E-state index contributed by atoms with van der Waals surface area (Å²) in [6.45, 7) is 2.11. The van der Waals surface area contributed by atoms with Gasteiger partial charge in [-0.25, -0.2) is 8.42 Å². The second kappa shape index (κ2) is 9.17. The molecule has 1 aliphatic rings. The highest BCUT2D eigenvalue weighted by atomic mass is 32.2. The van der Waals surface area contributed by atoms with Gasteiger partial charge < -0.3 is 5.32 Å². The Morgan fingerprint density at radius 2 is 1.66 bits per heavy atom. The Bertz CT molecular complexity index is 1220. The molecule has 0 bridgehead atoms. The summed E-state index contributed by atoms with van der Waals surface area (Å²) in [7, 11) is -3.61. The lowest BCUT2D eigenvalue weighted by molar-refractivity contribution is 0.0940. The summed E-state index contributed by atoms with van der Waals surface area (Å²) >= 11 is 0. The van der Waals surface area contributed by atoms with Gasteiger partial charge in [-0.2, -0.15) is 0 Å². The van der Waals surface area contributed by atoms with Crippen LogP contribution in [0.1, 0.15) is 52.0 Å². The van der Waals surface area contributed by atoms with Crippen LogP contribution in [0.5, 0.6) is 0 Å². The Kier molecular flexibility index (Phi) is 6.33. The zero-order chi connectivity index (χ0) is 22.7. The molecule has 1 atom stereocenters. The number of rotatable bonds is 7. The highest BCUT2D eigenvalue weighted by Crippen LogP contribution is 2.28. The second-order valence-corrected chi connectivity index (χ2v) is 10.3. The largest absolute Gasteiger partial charge is 0.345 e. The number of hydrogen-bond donors (Lipinski definition) is 1. The van der Waals surface area contributed by atoms with Crippen molar-refractivity contribution in [1.82, 2.24) is 5.32 Å². The Morgan fingerprint density at radius 1 is 0.969 bits per heavy atom. The quantitative estimate of drug-likeness (QED) is 0.573. The van der Waals surface area contributed by atoms with Crippen molar-refractivity contribution < 1.29 is 13.2 Å². The van der Waals surface area contributed by atoms with Crippen molar-refractivity contribution in [3.8, 4) is 0 Å². The van der Waals surface area contributed by atoms with Crippen molar-refractivity contribution >= 4 is 21.6 Å². The van der Waals surface area contributed by atoms with Crippen LogP contribution in [0.4, 0.5) is 5.69 Å². The summed E-state index contributed by atoms with van der Waals surface area (Å²) in [5.74, 6) is -0.296. The molecular formula is C26H28N2O3S.